The summed E-state index contributed by atoms with van der Waals surface area (Å²) in [7, 11) is 0. The number of para-hydroxylation sites is 2. The fraction of sp³-hybridized carbons (Fsp3) is 0.200. The predicted molar refractivity (Wildman–Crippen MR) is 131 cm³/mol. The predicted octanol–water partition coefficient (Wildman–Crippen LogP) is 2.83. The summed E-state index contributed by atoms with van der Waals surface area (Å²) >= 11 is 0. The van der Waals surface area contributed by atoms with Crippen LogP contribution in [0.3, 0.4) is 0 Å². The quantitative estimate of drug-likeness (QED) is 0.292. The Morgan fingerprint density at radius 2 is 1.64 bits per heavy atom. The van der Waals surface area contributed by atoms with E-state index < -0.39 is 12.0 Å². The third-order valence-corrected chi connectivity index (χ3v) is 5.03. The van der Waals surface area contributed by atoms with E-state index in [1.54, 1.807) is 18.2 Å². The van der Waals surface area contributed by atoms with Crippen molar-refractivity contribution in [1.82, 2.24) is 4.57 Å². The minimum Gasteiger partial charge on any atom is -0.508 e. The molecule has 1 unspecified atom stereocenters. The fourth-order valence-corrected chi connectivity index (χ4v) is 3.27. The Balaban J connectivity index is 0.000000203. The topological polar surface area (TPSA) is 158 Å². The molecule has 0 aliphatic rings. The number of hydrogen-bond acceptors (Lipinski definition) is 6. The maximum atomic E-state index is 10.9. The number of aromatic nitrogens is 1. The van der Waals surface area contributed by atoms with Gasteiger partial charge in [-0.2, -0.15) is 0 Å². The average molecular weight is 451 g/mol. The fourth-order valence-electron chi connectivity index (χ4n) is 3.27. The third kappa shape index (κ3) is 6.39. The molecule has 174 valence electrons. The molecule has 1 atom stereocenters. The second-order valence-electron chi connectivity index (χ2n) is 7.17. The Bertz CT molecular complexity index is 1220. The molecule has 3 aromatic carbocycles. The highest BCUT2D eigenvalue weighted by molar-refractivity contribution is 6.09. The Kier molecular flexibility index (Phi) is 9.56. The van der Waals surface area contributed by atoms with E-state index >= 15 is 0 Å². The van der Waals surface area contributed by atoms with E-state index in [4.69, 9.17) is 27.4 Å². The van der Waals surface area contributed by atoms with Crippen molar-refractivity contribution in [2.45, 2.75) is 26.1 Å². The highest BCUT2D eigenvalue weighted by Crippen LogP contribution is 2.29. The number of nitrogens with two attached hydrogens (primary N) is 3. The molecule has 0 aliphatic heterocycles. The smallest absolute Gasteiger partial charge is 0.321 e. The normalized spacial score (nSPS) is 11.2. The van der Waals surface area contributed by atoms with E-state index in [9.17, 15) is 9.59 Å². The molecular formula is C25H30N4O4. The molecule has 0 amide bonds. The van der Waals surface area contributed by atoms with E-state index in [-0.39, 0.29) is 12.3 Å². The second kappa shape index (κ2) is 12.4. The lowest BCUT2D eigenvalue weighted by atomic mass is 10.1. The van der Waals surface area contributed by atoms with Crippen LogP contribution in [-0.2, 0) is 17.9 Å². The number of carbonyl (C=O) groups is 2. The first-order chi connectivity index (χ1) is 15.9. The molecule has 8 nitrogen and oxygen atoms in total. The van der Waals surface area contributed by atoms with Crippen LogP contribution in [0.1, 0.15) is 22.8 Å². The standard InChI is InChI=1S/C15H13NO.C7H9NO.C3H8N2O2/c1-2-16-14-6-4-3-5-12(14)13-9-11(10-17)7-8-15(13)16;8-5-6-3-1-2-4-7(6)9;4-1-2(5)3(6)7/h3-10H,2H2,1H3;1-4,9H,5,8H2;2H,1,4-5H2,(H,6,7). The van der Waals surface area contributed by atoms with E-state index in [1.807, 2.05) is 36.4 Å². The number of phenols is 1. The number of aryl methyl sites for hydroxylation is 1. The van der Waals surface area contributed by atoms with Crippen LogP contribution in [0.5, 0.6) is 5.75 Å². The summed E-state index contributed by atoms with van der Waals surface area (Å²) in [5, 5.41) is 19.4. The van der Waals surface area contributed by atoms with Gasteiger partial charge in [-0.15, -0.1) is 0 Å². The molecule has 8 heteroatoms. The summed E-state index contributed by atoms with van der Waals surface area (Å²) < 4.78 is 2.28. The van der Waals surface area contributed by atoms with Gasteiger partial charge in [0.25, 0.3) is 0 Å². The molecule has 4 rings (SSSR count). The van der Waals surface area contributed by atoms with E-state index in [2.05, 4.69) is 23.6 Å². The molecule has 1 aromatic heterocycles. The first kappa shape index (κ1) is 25.5. The minimum absolute atomic E-state index is 0.00463. The van der Waals surface area contributed by atoms with Crippen LogP contribution in [0.25, 0.3) is 21.8 Å². The zero-order valence-electron chi connectivity index (χ0n) is 18.5. The summed E-state index contributed by atoms with van der Waals surface area (Å²) in [6, 6.07) is 20.3. The van der Waals surface area contributed by atoms with Gasteiger partial charge in [0.1, 0.15) is 18.1 Å². The number of fused-ring (bicyclic) bond motifs is 3. The second-order valence-corrected chi connectivity index (χ2v) is 7.17. The van der Waals surface area contributed by atoms with Crippen molar-refractivity contribution in [2.75, 3.05) is 6.54 Å². The minimum atomic E-state index is -1.05. The van der Waals surface area contributed by atoms with Crippen LogP contribution < -0.4 is 17.2 Å². The van der Waals surface area contributed by atoms with Gasteiger partial charge in [0, 0.05) is 52.6 Å². The lowest BCUT2D eigenvalue weighted by molar-refractivity contribution is -0.138. The summed E-state index contributed by atoms with van der Waals surface area (Å²) in [6.45, 7) is 3.46. The zero-order chi connectivity index (χ0) is 24.4. The average Bonchev–Trinajstić information content (AvgIpc) is 3.17. The number of phenolic OH excluding ortho intramolecular Hbond substituents is 1. The van der Waals surface area contributed by atoms with Gasteiger partial charge in [-0.1, -0.05) is 36.4 Å². The zero-order valence-corrected chi connectivity index (χ0v) is 18.5. The summed E-state index contributed by atoms with van der Waals surface area (Å²) in [5.41, 5.74) is 19.0. The molecule has 0 aliphatic carbocycles. The van der Waals surface area contributed by atoms with E-state index in [0.29, 0.717) is 6.54 Å². The highest BCUT2D eigenvalue weighted by atomic mass is 16.4. The number of benzene rings is 3. The SMILES string of the molecule is CCn1c2ccccc2c2cc(C=O)ccc21.NCC(N)C(=O)O.NCc1ccccc1O. The monoisotopic (exact) mass is 450 g/mol. The maximum absolute atomic E-state index is 10.9. The number of hydrogen-bond donors (Lipinski definition) is 5. The number of aldehydes is 1. The van der Waals surface area contributed by atoms with Gasteiger partial charge in [0.2, 0.25) is 0 Å². The number of aliphatic carboxylic acids is 1. The lowest BCUT2D eigenvalue weighted by Gasteiger charge is -2.02. The van der Waals surface area contributed by atoms with Gasteiger partial charge in [-0.05, 0) is 37.3 Å². The van der Waals surface area contributed by atoms with Crippen molar-refractivity contribution in [3.05, 3.63) is 77.9 Å². The summed E-state index contributed by atoms with van der Waals surface area (Å²) in [4.78, 5) is 20.6. The molecule has 1 heterocycles. The number of carbonyl (C=O) groups excluding carboxylic acids is 1. The van der Waals surface area contributed by atoms with E-state index in [1.165, 1.54) is 16.4 Å². The number of carboxylic acids is 1. The summed E-state index contributed by atoms with van der Waals surface area (Å²) in [6.07, 6.45) is 0.900. The van der Waals surface area contributed by atoms with Gasteiger partial charge >= 0.3 is 5.97 Å². The van der Waals surface area contributed by atoms with Crippen molar-refractivity contribution >= 4 is 34.1 Å². The molecule has 0 spiro atoms. The Hall–Kier alpha value is -3.72. The molecule has 0 saturated heterocycles. The van der Waals surface area contributed by atoms with Crippen LogP contribution >= 0.6 is 0 Å². The molecular weight excluding hydrogens is 420 g/mol. The molecule has 0 saturated carbocycles. The van der Waals surface area contributed by atoms with Crippen LogP contribution in [0.15, 0.2) is 66.7 Å². The van der Waals surface area contributed by atoms with Gasteiger partial charge in [0.15, 0.2) is 0 Å². The number of rotatable bonds is 5. The number of carboxylic acid groups (broad SMARTS) is 1. The van der Waals surface area contributed by atoms with Crippen LogP contribution in [0.2, 0.25) is 0 Å². The first-order valence-corrected chi connectivity index (χ1v) is 10.5. The van der Waals surface area contributed by atoms with Gasteiger partial charge in [0.05, 0.1) is 0 Å². The number of aromatic hydroxyl groups is 1. The maximum Gasteiger partial charge on any atom is 0.321 e. The van der Waals surface area contributed by atoms with Crippen molar-refractivity contribution in [3.8, 4) is 5.75 Å². The van der Waals surface area contributed by atoms with Gasteiger partial charge in [-0.3, -0.25) is 9.59 Å². The summed E-state index contributed by atoms with van der Waals surface area (Å²) in [5.74, 6) is -0.775. The van der Waals surface area contributed by atoms with Crippen LogP contribution in [0, 0.1) is 0 Å². The Morgan fingerprint density at radius 1 is 1.00 bits per heavy atom. The molecule has 0 fully saturated rings. The van der Waals surface area contributed by atoms with E-state index in [0.717, 1.165) is 29.3 Å². The molecule has 0 radical (unpaired) electrons. The molecule has 0 bridgehead atoms. The van der Waals surface area contributed by atoms with Crippen LogP contribution in [-0.4, -0.2) is 39.6 Å². The van der Waals surface area contributed by atoms with Gasteiger partial charge in [-0.25, -0.2) is 0 Å². The van der Waals surface area contributed by atoms with Crippen molar-refractivity contribution in [2.24, 2.45) is 17.2 Å². The third-order valence-electron chi connectivity index (χ3n) is 5.03. The Morgan fingerprint density at radius 3 is 2.15 bits per heavy atom. The highest BCUT2D eigenvalue weighted by Gasteiger charge is 2.09. The lowest BCUT2D eigenvalue weighted by Crippen LogP contribution is -2.37. The van der Waals surface area contributed by atoms with Crippen molar-refractivity contribution < 1.29 is 19.8 Å². The van der Waals surface area contributed by atoms with Crippen LogP contribution in [0.4, 0.5) is 0 Å². The molecule has 4 aromatic rings. The number of nitrogens with zero attached hydrogens (tertiary/aromatic N) is 1. The van der Waals surface area contributed by atoms with Crippen molar-refractivity contribution in [3.63, 3.8) is 0 Å². The van der Waals surface area contributed by atoms with Gasteiger partial charge < -0.3 is 32.0 Å². The molecule has 8 N–H and O–H groups in total. The molecule has 33 heavy (non-hydrogen) atoms. The van der Waals surface area contributed by atoms with Crippen molar-refractivity contribution in [1.29, 1.82) is 0 Å². The Labute approximate surface area is 192 Å². The first-order valence-electron chi connectivity index (χ1n) is 10.5. The largest absolute Gasteiger partial charge is 0.508 e.